The molecule has 1 aliphatic heterocycles. The van der Waals surface area contributed by atoms with Crippen LogP contribution in [-0.2, 0) is 16.1 Å². The summed E-state index contributed by atoms with van der Waals surface area (Å²) in [6.45, 7) is 4.97. The molecule has 1 saturated heterocycles. The van der Waals surface area contributed by atoms with Gasteiger partial charge in [-0.3, -0.25) is 4.79 Å². The lowest BCUT2D eigenvalue weighted by Gasteiger charge is -2.06. The van der Waals surface area contributed by atoms with Crippen molar-refractivity contribution in [1.29, 1.82) is 0 Å². The fourth-order valence-corrected chi connectivity index (χ4v) is 2.46. The maximum atomic E-state index is 11.3. The van der Waals surface area contributed by atoms with Gasteiger partial charge in [0, 0.05) is 13.0 Å². The molecule has 1 fully saturated rings. The number of carbonyl (C=O) groups is 1. The Labute approximate surface area is 103 Å². The third-order valence-electron chi connectivity index (χ3n) is 2.38. The van der Waals surface area contributed by atoms with Crippen LogP contribution in [-0.4, -0.2) is 51.1 Å². The van der Waals surface area contributed by atoms with Gasteiger partial charge >= 0.3 is 5.97 Å². The van der Waals surface area contributed by atoms with Crippen molar-refractivity contribution < 1.29 is 9.53 Å². The first-order chi connectivity index (χ1) is 8.31. The molecule has 94 valence electrons. The van der Waals surface area contributed by atoms with Crippen molar-refractivity contribution in [2.75, 3.05) is 19.7 Å². The van der Waals surface area contributed by atoms with E-state index in [2.05, 4.69) is 20.8 Å². The molecule has 8 heteroatoms. The number of thioether (sulfide) groups is 1. The van der Waals surface area contributed by atoms with Crippen molar-refractivity contribution in [3.63, 3.8) is 0 Å². The Morgan fingerprint density at radius 3 is 3.24 bits per heavy atom. The molecule has 1 aliphatic rings. The summed E-state index contributed by atoms with van der Waals surface area (Å²) >= 11 is 1.38. The highest BCUT2D eigenvalue weighted by Crippen LogP contribution is 2.27. The van der Waals surface area contributed by atoms with Crippen LogP contribution in [0.1, 0.15) is 13.3 Å². The third kappa shape index (κ3) is 3.16. The number of aromatic nitrogens is 4. The van der Waals surface area contributed by atoms with Crippen molar-refractivity contribution in [2.45, 2.75) is 30.3 Å². The molecule has 1 unspecified atom stereocenters. The highest BCUT2D eigenvalue weighted by molar-refractivity contribution is 8.00. The molecule has 0 saturated carbocycles. The van der Waals surface area contributed by atoms with Gasteiger partial charge in [0.25, 0.3) is 0 Å². The zero-order valence-corrected chi connectivity index (χ0v) is 10.4. The first-order valence-corrected chi connectivity index (χ1v) is 6.49. The zero-order valence-electron chi connectivity index (χ0n) is 9.63. The molecule has 1 N–H and O–H groups in total. The van der Waals surface area contributed by atoms with E-state index in [1.165, 1.54) is 11.8 Å². The minimum Gasteiger partial charge on any atom is -0.465 e. The number of tetrazole rings is 1. The standard InChI is InChI=1S/C9H15N5O2S/c1-2-10-4-5-14-9(11-12-13-14)17-7-3-6-16-8(7)15/h7,10H,2-6H2,1H3. The number of carbonyl (C=O) groups excluding carboxylic acids is 1. The van der Waals surface area contributed by atoms with Gasteiger partial charge in [-0.2, -0.15) is 0 Å². The molecule has 1 aromatic heterocycles. The highest BCUT2D eigenvalue weighted by atomic mass is 32.2. The molecule has 2 heterocycles. The molecule has 17 heavy (non-hydrogen) atoms. The lowest BCUT2D eigenvalue weighted by atomic mass is 10.4. The number of ether oxygens (including phenoxy) is 1. The summed E-state index contributed by atoms with van der Waals surface area (Å²) in [6, 6.07) is 0. The summed E-state index contributed by atoms with van der Waals surface area (Å²) < 4.78 is 6.61. The number of likely N-dealkylation sites (N-methyl/N-ethyl adjacent to an activating group) is 1. The monoisotopic (exact) mass is 257 g/mol. The van der Waals surface area contributed by atoms with E-state index in [1.807, 2.05) is 6.92 Å². The van der Waals surface area contributed by atoms with Crippen molar-refractivity contribution in [3.05, 3.63) is 0 Å². The number of nitrogens with zero attached hydrogens (tertiary/aromatic N) is 4. The van der Waals surface area contributed by atoms with Crippen LogP contribution >= 0.6 is 11.8 Å². The fourth-order valence-electron chi connectivity index (χ4n) is 1.49. The van der Waals surface area contributed by atoms with Crippen molar-refractivity contribution in [1.82, 2.24) is 25.5 Å². The second-order valence-electron chi connectivity index (χ2n) is 3.60. The number of cyclic esters (lactones) is 1. The van der Waals surface area contributed by atoms with E-state index < -0.39 is 0 Å². The van der Waals surface area contributed by atoms with E-state index in [0.29, 0.717) is 18.3 Å². The number of esters is 1. The normalized spacial score (nSPS) is 19.6. The van der Waals surface area contributed by atoms with Gasteiger partial charge in [-0.1, -0.05) is 18.7 Å². The van der Waals surface area contributed by atoms with E-state index >= 15 is 0 Å². The Bertz CT molecular complexity index is 383. The summed E-state index contributed by atoms with van der Waals surface area (Å²) in [6.07, 6.45) is 0.726. The summed E-state index contributed by atoms with van der Waals surface area (Å²) in [5.41, 5.74) is 0. The number of nitrogens with one attached hydrogen (secondary N) is 1. The molecule has 0 spiro atoms. The van der Waals surface area contributed by atoms with Crippen LogP contribution in [0.5, 0.6) is 0 Å². The van der Waals surface area contributed by atoms with Crippen LogP contribution in [0, 0.1) is 0 Å². The van der Waals surface area contributed by atoms with Crippen LogP contribution in [0.4, 0.5) is 0 Å². The quantitative estimate of drug-likeness (QED) is 0.553. The molecule has 0 amide bonds. The Balaban J connectivity index is 1.91. The van der Waals surface area contributed by atoms with Crippen molar-refractivity contribution in [2.24, 2.45) is 0 Å². The van der Waals surface area contributed by atoms with Gasteiger partial charge in [0.05, 0.1) is 13.2 Å². The van der Waals surface area contributed by atoms with Gasteiger partial charge in [-0.05, 0) is 17.0 Å². The van der Waals surface area contributed by atoms with Gasteiger partial charge in [0.2, 0.25) is 5.16 Å². The molecule has 2 rings (SSSR count). The largest absolute Gasteiger partial charge is 0.465 e. The molecule has 0 radical (unpaired) electrons. The first-order valence-electron chi connectivity index (χ1n) is 5.61. The van der Waals surface area contributed by atoms with Gasteiger partial charge in [-0.25, -0.2) is 4.68 Å². The molecule has 0 aromatic carbocycles. The van der Waals surface area contributed by atoms with Gasteiger partial charge in [0.1, 0.15) is 5.25 Å². The molecule has 1 atom stereocenters. The second-order valence-corrected chi connectivity index (χ2v) is 4.77. The molecule has 0 aliphatic carbocycles. The van der Waals surface area contributed by atoms with Gasteiger partial charge in [-0.15, -0.1) is 5.10 Å². The first kappa shape index (κ1) is 12.3. The minimum atomic E-state index is -0.170. The average molecular weight is 257 g/mol. The minimum absolute atomic E-state index is 0.168. The SMILES string of the molecule is CCNCCn1nnnc1SC1CCOC1=O. The van der Waals surface area contributed by atoms with Crippen LogP contribution in [0.2, 0.25) is 0 Å². The highest BCUT2D eigenvalue weighted by Gasteiger charge is 2.29. The van der Waals surface area contributed by atoms with Crippen LogP contribution in [0.25, 0.3) is 0 Å². The number of hydrogen-bond acceptors (Lipinski definition) is 7. The van der Waals surface area contributed by atoms with Gasteiger partial charge in [0.15, 0.2) is 0 Å². The third-order valence-corrected chi connectivity index (χ3v) is 3.60. The van der Waals surface area contributed by atoms with E-state index in [4.69, 9.17) is 4.74 Å². The summed E-state index contributed by atoms with van der Waals surface area (Å²) in [5, 5.41) is 15.2. The molecular weight excluding hydrogens is 242 g/mol. The average Bonchev–Trinajstić information content (AvgIpc) is 2.91. The van der Waals surface area contributed by atoms with Crippen LogP contribution in [0.15, 0.2) is 5.16 Å². The molecule has 7 nitrogen and oxygen atoms in total. The Morgan fingerprint density at radius 2 is 2.53 bits per heavy atom. The topological polar surface area (TPSA) is 81.9 Å². The van der Waals surface area contributed by atoms with E-state index in [9.17, 15) is 4.79 Å². The predicted molar refractivity (Wildman–Crippen MR) is 61.6 cm³/mol. The fraction of sp³-hybridized carbons (Fsp3) is 0.778. The lowest BCUT2D eigenvalue weighted by molar-refractivity contribution is -0.137. The predicted octanol–water partition coefficient (Wildman–Crippen LogP) is -0.310. The van der Waals surface area contributed by atoms with E-state index in [-0.39, 0.29) is 11.2 Å². The Morgan fingerprint density at radius 1 is 1.65 bits per heavy atom. The van der Waals surface area contributed by atoms with Gasteiger partial charge < -0.3 is 10.1 Å². The maximum absolute atomic E-state index is 11.3. The zero-order chi connectivity index (χ0) is 12.1. The Hall–Kier alpha value is -1.15. The van der Waals surface area contributed by atoms with Crippen molar-refractivity contribution >= 4 is 17.7 Å². The van der Waals surface area contributed by atoms with E-state index in [1.54, 1.807) is 4.68 Å². The van der Waals surface area contributed by atoms with Crippen LogP contribution in [0.3, 0.4) is 0 Å². The number of hydrogen-bond donors (Lipinski definition) is 1. The molecule has 1 aromatic rings. The Kier molecular flexibility index (Phi) is 4.32. The van der Waals surface area contributed by atoms with Crippen LogP contribution < -0.4 is 5.32 Å². The summed E-state index contributed by atoms with van der Waals surface area (Å²) in [5.74, 6) is -0.170. The smallest absolute Gasteiger partial charge is 0.319 e. The number of rotatable bonds is 6. The molecule has 0 bridgehead atoms. The maximum Gasteiger partial charge on any atom is 0.319 e. The van der Waals surface area contributed by atoms with Crippen molar-refractivity contribution in [3.8, 4) is 0 Å². The summed E-state index contributed by atoms with van der Waals surface area (Å²) in [4.78, 5) is 11.3. The molecular formula is C9H15N5O2S. The van der Waals surface area contributed by atoms with E-state index in [0.717, 1.165) is 19.5 Å². The second kappa shape index (κ2) is 5.97. The summed E-state index contributed by atoms with van der Waals surface area (Å²) in [7, 11) is 0. The lowest BCUT2D eigenvalue weighted by Crippen LogP contribution is -2.21.